The predicted molar refractivity (Wildman–Crippen MR) is 156 cm³/mol. The second kappa shape index (κ2) is 13.8. The standard InChI is InChI=1S/C28H31BrClN3O5S/c1-4-16-31-28(35)20(2)32(18-21-10-12-22(29)13-11-21)27(34)19-33(23-14-15-26(38-3)25(30)17-23)39(36,37)24-8-6-5-7-9-24/h5-15,17,20H,4,16,18-19H2,1-3H3,(H,31,35)/t20-/m0/s1. The van der Waals surface area contributed by atoms with Gasteiger partial charge in [0.2, 0.25) is 11.8 Å². The van der Waals surface area contributed by atoms with Crippen LogP contribution in [0, 0.1) is 0 Å². The number of hydrogen-bond donors (Lipinski definition) is 1. The summed E-state index contributed by atoms with van der Waals surface area (Å²) in [5, 5.41) is 3.01. The third-order valence-corrected chi connectivity index (χ3v) is 8.63. The van der Waals surface area contributed by atoms with Gasteiger partial charge in [-0.25, -0.2) is 8.42 Å². The molecule has 2 amide bonds. The van der Waals surface area contributed by atoms with Gasteiger partial charge in [0.15, 0.2) is 0 Å². The Kier molecular flexibility index (Phi) is 10.8. The first-order valence-electron chi connectivity index (χ1n) is 12.3. The lowest BCUT2D eigenvalue weighted by Gasteiger charge is -2.32. The lowest BCUT2D eigenvalue weighted by molar-refractivity contribution is -0.139. The summed E-state index contributed by atoms with van der Waals surface area (Å²) in [6.07, 6.45) is 0.737. The smallest absolute Gasteiger partial charge is 0.264 e. The van der Waals surface area contributed by atoms with Crippen molar-refractivity contribution in [2.45, 2.75) is 37.8 Å². The topological polar surface area (TPSA) is 96.0 Å². The van der Waals surface area contributed by atoms with Gasteiger partial charge in [-0.3, -0.25) is 13.9 Å². The first-order chi connectivity index (χ1) is 18.6. The van der Waals surface area contributed by atoms with E-state index in [-0.39, 0.29) is 28.1 Å². The SMILES string of the molecule is CCCNC(=O)[C@H](C)N(Cc1ccc(Br)cc1)C(=O)CN(c1ccc(OC)c(Cl)c1)S(=O)(=O)c1ccccc1. The van der Waals surface area contributed by atoms with Gasteiger partial charge in [0.05, 0.1) is 22.7 Å². The van der Waals surface area contributed by atoms with E-state index < -0.39 is 28.5 Å². The highest BCUT2D eigenvalue weighted by Gasteiger charge is 2.32. The monoisotopic (exact) mass is 635 g/mol. The van der Waals surface area contributed by atoms with Gasteiger partial charge in [0.1, 0.15) is 18.3 Å². The van der Waals surface area contributed by atoms with Crippen molar-refractivity contribution in [2.24, 2.45) is 0 Å². The van der Waals surface area contributed by atoms with Crippen molar-refractivity contribution in [1.29, 1.82) is 0 Å². The Balaban J connectivity index is 2.03. The van der Waals surface area contributed by atoms with Crippen LogP contribution in [0.3, 0.4) is 0 Å². The maximum atomic E-state index is 13.9. The second-order valence-electron chi connectivity index (χ2n) is 8.76. The Hall–Kier alpha value is -3.08. The van der Waals surface area contributed by atoms with Crippen molar-refractivity contribution in [3.8, 4) is 5.75 Å². The van der Waals surface area contributed by atoms with Gasteiger partial charge in [-0.1, -0.05) is 64.8 Å². The summed E-state index contributed by atoms with van der Waals surface area (Å²) >= 11 is 9.73. The molecule has 0 saturated carbocycles. The van der Waals surface area contributed by atoms with E-state index in [0.29, 0.717) is 12.3 Å². The van der Waals surface area contributed by atoms with Crippen LogP contribution in [-0.2, 0) is 26.2 Å². The van der Waals surface area contributed by atoms with E-state index in [1.165, 1.54) is 42.3 Å². The number of nitrogens with zero attached hydrogens (tertiary/aromatic N) is 2. The molecule has 39 heavy (non-hydrogen) atoms. The van der Waals surface area contributed by atoms with Crippen LogP contribution in [-0.4, -0.2) is 51.4 Å². The molecule has 1 atom stereocenters. The minimum absolute atomic E-state index is 0.0120. The van der Waals surface area contributed by atoms with Crippen molar-refractivity contribution in [2.75, 3.05) is 24.5 Å². The van der Waals surface area contributed by atoms with Crippen molar-refractivity contribution >= 4 is 55.1 Å². The lowest BCUT2D eigenvalue weighted by atomic mass is 10.1. The zero-order valence-electron chi connectivity index (χ0n) is 21.9. The average molecular weight is 637 g/mol. The highest BCUT2D eigenvalue weighted by atomic mass is 79.9. The summed E-state index contributed by atoms with van der Waals surface area (Å²) < 4.78 is 34.7. The van der Waals surface area contributed by atoms with Crippen LogP contribution in [0.1, 0.15) is 25.8 Å². The molecule has 1 N–H and O–H groups in total. The van der Waals surface area contributed by atoms with Crippen molar-refractivity contribution in [3.05, 3.63) is 87.9 Å². The number of carbonyl (C=O) groups excluding carboxylic acids is 2. The maximum Gasteiger partial charge on any atom is 0.264 e. The first-order valence-corrected chi connectivity index (χ1v) is 14.9. The fourth-order valence-corrected chi connectivity index (χ4v) is 5.77. The first kappa shape index (κ1) is 30.5. The summed E-state index contributed by atoms with van der Waals surface area (Å²) in [5.74, 6) is -0.516. The molecule has 0 spiro atoms. The van der Waals surface area contributed by atoms with Crippen LogP contribution < -0.4 is 14.4 Å². The fraction of sp³-hybridized carbons (Fsp3) is 0.286. The average Bonchev–Trinajstić information content (AvgIpc) is 2.94. The molecule has 3 aromatic carbocycles. The van der Waals surface area contributed by atoms with E-state index in [4.69, 9.17) is 16.3 Å². The van der Waals surface area contributed by atoms with Crippen LogP contribution in [0.2, 0.25) is 5.02 Å². The number of sulfonamides is 1. The van der Waals surface area contributed by atoms with Gasteiger partial charge in [-0.05, 0) is 61.4 Å². The number of benzene rings is 3. The molecule has 0 bridgehead atoms. The van der Waals surface area contributed by atoms with Crippen molar-refractivity contribution in [1.82, 2.24) is 10.2 Å². The number of rotatable bonds is 12. The summed E-state index contributed by atoms with van der Waals surface area (Å²) in [5.41, 5.74) is 0.969. The molecular formula is C28H31BrClN3O5S. The van der Waals surface area contributed by atoms with E-state index >= 15 is 0 Å². The molecular weight excluding hydrogens is 606 g/mol. The number of anilines is 1. The van der Waals surface area contributed by atoms with Gasteiger partial charge in [-0.15, -0.1) is 0 Å². The quantitative estimate of drug-likeness (QED) is 0.293. The molecule has 0 aliphatic heterocycles. The summed E-state index contributed by atoms with van der Waals surface area (Å²) in [6.45, 7) is 3.57. The number of ether oxygens (including phenoxy) is 1. The molecule has 0 aromatic heterocycles. The molecule has 208 valence electrons. The van der Waals surface area contributed by atoms with Crippen molar-refractivity contribution < 1.29 is 22.7 Å². The van der Waals surface area contributed by atoms with E-state index in [1.807, 2.05) is 31.2 Å². The Labute approximate surface area is 243 Å². The van der Waals surface area contributed by atoms with Crippen LogP contribution in [0.5, 0.6) is 5.75 Å². The summed E-state index contributed by atoms with van der Waals surface area (Å²) in [4.78, 5) is 28.2. The van der Waals surface area contributed by atoms with Gasteiger partial charge >= 0.3 is 0 Å². The molecule has 3 rings (SSSR count). The number of methoxy groups -OCH3 is 1. The molecule has 11 heteroatoms. The Morgan fingerprint density at radius 2 is 1.72 bits per heavy atom. The highest BCUT2D eigenvalue weighted by molar-refractivity contribution is 9.10. The second-order valence-corrected chi connectivity index (χ2v) is 11.9. The van der Waals surface area contributed by atoms with Crippen LogP contribution in [0.25, 0.3) is 0 Å². The Bertz CT molecular complexity index is 1390. The molecule has 8 nitrogen and oxygen atoms in total. The minimum Gasteiger partial charge on any atom is -0.495 e. The minimum atomic E-state index is -4.18. The molecule has 0 aliphatic carbocycles. The third-order valence-electron chi connectivity index (χ3n) is 6.02. The fourth-order valence-electron chi connectivity index (χ4n) is 3.82. The molecule has 3 aromatic rings. The van der Waals surface area contributed by atoms with Crippen LogP contribution >= 0.6 is 27.5 Å². The number of carbonyl (C=O) groups is 2. The van der Waals surface area contributed by atoms with Crippen LogP contribution in [0.4, 0.5) is 5.69 Å². The number of hydrogen-bond acceptors (Lipinski definition) is 5. The Morgan fingerprint density at radius 3 is 2.31 bits per heavy atom. The van der Waals surface area contributed by atoms with Gasteiger partial charge in [0, 0.05) is 17.6 Å². The molecule has 0 aliphatic rings. The van der Waals surface area contributed by atoms with Crippen molar-refractivity contribution in [3.63, 3.8) is 0 Å². The largest absolute Gasteiger partial charge is 0.495 e. The molecule has 0 saturated heterocycles. The van der Waals surface area contributed by atoms with Gasteiger partial charge in [-0.2, -0.15) is 0 Å². The lowest BCUT2D eigenvalue weighted by Crippen LogP contribution is -2.51. The van der Waals surface area contributed by atoms with E-state index in [2.05, 4.69) is 21.2 Å². The summed E-state index contributed by atoms with van der Waals surface area (Å²) in [7, 11) is -2.73. The third kappa shape index (κ3) is 7.74. The molecule has 0 unspecified atom stereocenters. The Morgan fingerprint density at radius 1 is 1.05 bits per heavy atom. The van der Waals surface area contributed by atoms with Gasteiger partial charge in [0.25, 0.3) is 10.0 Å². The zero-order chi connectivity index (χ0) is 28.6. The summed E-state index contributed by atoms with van der Waals surface area (Å²) in [6, 6.07) is 18.8. The molecule has 0 fully saturated rings. The molecule has 0 radical (unpaired) electrons. The van der Waals surface area contributed by atoms with Gasteiger partial charge < -0.3 is 15.0 Å². The number of nitrogens with one attached hydrogen (secondary N) is 1. The van der Waals surface area contributed by atoms with E-state index in [1.54, 1.807) is 25.1 Å². The maximum absolute atomic E-state index is 13.9. The molecule has 0 heterocycles. The van der Waals surface area contributed by atoms with Crippen LogP contribution in [0.15, 0.2) is 82.2 Å². The normalized spacial score (nSPS) is 11.9. The zero-order valence-corrected chi connectivity index (χ0v) is 25.1. The van der Waals surface area contributed by atoms with E-state index in [9.17, 15) is 18.0 Å². The predicted octanol–water partition coefficient (Wildman–Crippen LogP) is 5.25. The number of amides is 2. The van der Waals surface area contributed by atoms with E-state index in [0.717, 1.165) is 20.8 Å². The highest BCUT2D eigenvalue weighted by Crippen LogP contribution is 2.32. The number of halogens is 2.